The SMILES string of the molecule is CC(=O)O[C@@H]1OC[C@@H](OC(C)=O)[C@H](O)[C@H]1OC(C)=O. The zero-order valence-corrected chi connectivity index (χ0v) is 10.8. The number of aliphatic hydroxyl groups excluding tert-OH is 1. The van der Waals surface area contributed by atoms with Crippen molar-refractivity contribution in [2.45, 2.75) is 45.4 Å². The lowest BCUT2D eigenvalue weighted by Gasteiger charge is -2.37. The van der Waals surface area contributed by atoms with E-state index >= 15 is 0 Å². The van der Waals surface area contributed by atoms with E-state index in [1.807, 2.05) is 0 Å². The minimum Gasteiger partial charge on any atom is -0.457 e. The topological polar surface area (TPSA) is 108 Å². The van der Waals surface area contributed by atoms with E-state index in [-0.39, 0.29) is 6.61 Å². The molecule has 0 saturated carbocycles. The van der Waals surface area contributed by atoms with E-state index in [0.717, 1.165) is 13.8 Å². The van der Waals surface area contributed by atoms with Crippen molar-refractivity contribution in [3.05, 3.63) is 0 Å². The summed E-state index contributed by atoms with van der Waals surface area (Å²) in [5, 5.41) is 9.98. The molecule has 0 aromatic carbocycles. The standard InChI is InChI=1S/C11H16O8/c1-5(12)17-8-4-16-11(19-7(3)14)10(9(8)15)18-6(2)13/h8-11,15H,4H2,1-3H3/t8-,9+,10-,11+/m1/s1. The van der Waals surface area contributed by atoms with Crippen LogP contribution in [-0.4, -0.2) is 54.2 Å². The van der Waals surface area contributed by atoms with E-state index < -0.39 is 42.5 Å². The maximum atomic E-state index is 11.0. The quantitative estimate of drug-likeness (QED) is 0.523. The van der Waals surface area contributed by atoms with Crippen LogP contribution in [0, 0.1) is 0 Å². The van der Waals surface area contributed by atoms with Crippen LogP contribution in [0.15, 0.2) is 0 Å². The van der Waals surface area contributed by atoms with Gasteiger partial charge < -0.3 is 24.1 Å². The molecule has 1 rings (SSSR count). The van der Waals surface area contributed by atoms with Crippen LogP contribution in [0.3, 0.4) is 0 Å². The van der Waals surface area contributed by atoms with Gasteiger partial charge in [-0.15, -0.1) is 0 Å². The lowest BCUT2D eigenvalue weighted by atomic mass is 10.0. The van der Waals surface area contributed by atoms with Gasteiger partial charge in [0.05, 0.1) is 6.61 Å². The van der Waals surface area contributed by atoms with Crippen LogP contribution < -0.4 is 0 Å². The largest absolute Gasteiger partial charge is 0.457 e. The van der Waals surface area contributed by atoms with Crippen molar-refractivity contribution in [2.75, 3.05) is 6.61 Å². The number of carbonyl (C=O) groups excluding carboxylic acids is 3. The molecule has 1 aliphatic heterocycles. The number of ether oxygens (including phenoxy) is 4. The zero-order valence-electron chi connectivity index (χ0n) is 10.8. The van der Waals surface area contributed by atoms with Crippen molar-refractivity contribution in [3.8, 4) is 0 Å². The monoisotopic (exact) mass is 276 g/mol. The van der Waals surface area contributed by atoms with Gasteiger partial charge in [0, 0.05) is 20.8 Å². The van der Waals surface area contributed by atoms with Crippen LogP contribution >= 0.6 is 0 Å². The third-order valence-electron chi connectivity index (χ3n) is 2.31. The van der Waals surface area contributed by atoms with E-state index in [2.05, 4.69) is 0 Å². The molecule has 8 heteroatoms. The Hall–Kier alpha value is -1.67. The fourth-order valence-electron chi connectivity index (χ4n) is 1.65. The maximum Gasteiger partial charge on any atom is 0.305 e. The van der Waals surface area contributed by atoms with Crippen LogP contribution in [0.25, 0.3) is 0 Å². The Morgan fingerprint density at radius 1 is 1.00 bits per heavy atom. The molecule has 0 aromatic rings. The molecule has 108 valence electrons. The number of hydrogen-bond acceptors (Lipinski definition) is 8. The summed E-state index contributed by atoms with van der Waals surface area (Å²) in [5.74, 6) is -1.95. The Kier molecular flexibility index (Phi) is 5.25. The van der Waals surface area contributed by atoms with Gasteiger partial charge in [0.1, 0.15) is 6.10 Å². The highest BCUT2D eigenvalue weighted by molar-refractivity contribution is 5.67. The summed E-state index contributed by atoms with van der Waals surface area (Å²) in [5.41, 5.74) is 0. The Morgan fingerprint density at radius 2 is 1.53 bits per heavy atom. The average molecular weight is 276 g/mol. The van der Waals surface area contributed by atoms with Crippen molar-refractivity contribution in [3.63, 3.8) is 0 Å². The van der Waals surface area contributed by atoms with E-state index in [4.69, 9.17) is 18.9 Å². The van der Waals surface area contributed by atoms with E-state index in [0.29, 0.717) is 0 Å². The van der Waals surface area contributed by atoms with Gasteiger partial charge in [0.25, 0.3) is 0 Å². The van der Waals surface area contributed by atoms with Crippen LogP contribution in [-0.2, 0) is 33.3 Å². The van der Waals surface area contributed by atoms with E-state index in [9.17, 15) is 19.5 Å². The molecule has 0 aromatic heterocycles. The first-order valence-electron chi connectivity index (χ1n) is 5.62. The van der Waals surface area contributed by atoms with Crippen molar-refractivity contribution in [2.24, 2.45) is 0 Å². The van der Waals surface area contributed by atoms with Gasteiger partial charge in [-0.3, -0.25) is 14.4 Å². The fraction of sp³-hybridized carbons (Fsp3) is 0.727. The Morgan fingerprint density at radius 3 is 2.00 bits per heavy atom. The average Bonchev–Trinajstić information content (AvgIpc) is 2.26. The third-order valence-corrected chi connectivity index (χ3v) is 2.31. The second kappa shape index (κ2) is 6.48. The summed E-state index contributed by atoms with van der Waals surface area (Å²) in [4.78, 5) is 32.7. The number of hydrogen-bond donors (Lipinski definition) is 1. The summed E-state index contributed by atoms with van der Waals surface area (Å²) in [6.07, 6.45) is -4.82. The van der Waals surface area contributed by atoms with Gasteiger partial charge in [-0.1, -0.05) is 0 Å². The Bertz CT molecular complexity index is 366. The van der Waals surface area contributed by atoms with Crippen molar-refractivity contribution >= 4 is 17.9 Å². The second-order valence-corrected chi connectivity index (χ2v) is 4.02. The molecule has 8 nitrogen and oxygen atoms in total. The predicted molar refractivity (Wildman–Crippen MR) is 58.6 cm³/mol. The first kappa shape index (κ1) is 15.4. The molecular formula is C11H16O8. The minimum atomic E-state index is -1.34. The Balaban J connectivity index is 2.79. The lowest BCUT2D eigenvalue weighted by Crippen LogP contribution is -2.56. The molecule has 0 spiro atoms. The third kappa shape index (κ3) is 4.49. The first-order chi connectivity index (χ1) is 8.81. The number of aliphatic hydroxyl groups is 1. The van der Waals surface area contributed by atoms with Crippen molar-refractivity contribution < 1.29 is 38.4 Å². The summed E-state index contributed by atoms with van der Waals surface area (Å²) in [6, 6.07) is 0. The molecule has 0 amide bonds. The molecule has 0 bridgehead atoms. The molecule has 1 fully saturated rings. The molecule has 0 unspecified atom stereocenters. The smallest absolute Gasteiger partial charge is 0.305 e. The molecule has 1 aliphatic rings. The lowest BCUT2D eigenvalue weighted by molar-refractivity contribution is -0.270. The zero-order chi connectivity index (χ0) is 14.6. The predicted octanol–water partition coefficient (Wildman–Crippen LogP) is -0.870. The van der Waals surface area contributed by atoms with E-state index in [1.165, 1.54) is 6.92 Å². The maximum absolute atomic E-state index is 11.0. The second-order valence-electron chi connectivity index (χ2n) is 4.02. The molecular weight excluding hydrogens is 260 g/mol. The van der Waals surface area contributed by atoms with Crippen LogP contribution in [0.5, 0.6) is 0 Å². The molecule has 4 atom stereocenters. The van der Waals surface area contributed by atoms with Gasteiger partial charge in [0.2, 0.25) is 6.29 Å². The molecule has 1 saturated heterocycles. The summed E-state index contributed by atoms with van der Waals surface area (Å²) >= 11 is 0. The van der Waals surface area contributed by atoms with E-state index in [1.54, 1.807) is 0 Å². The van der Waals surface area contributed by atoms with Gasteiger partial charge >= 0.3 is 17.9 Å². The van der Waals surface area contributed by atoms with Crippen LogP contribution in [0.2, 0.25) is 0 Å². The number of rotatable bonds is 3. The Labute approximate surface area is 109 Å². The molecule has 0 aliphatic carbocycles. The molecule has 19 heavy (non-hydrogen) atoms. The van der Waals surface area contributed by atoms with Crippen LogP contribution in [0.1, 0.15) is 20.8 Å². The first-order valence-corrected chi connectivity index (χ1v) is 5.62. The van der Waals surface area contributed by atoms with Crippen LogP contribution in [0.4, 0.5) is 0 Å². The molecule has 1 heterocycles. The molecule has 0 radical (unpaired) electrons. The molecule has 1 N–H and O–H groups in total. The van der Waals surface area contributed by atoms with Gasteiger partial charge in [-0.05, 0) is 0 Å². The highest BCUT2D eigenvalue weighted by atomic mass is 16.7. The van der Waals surface area contributed by atoms with Gasteiger partial charge in [0.15, 0.2) is 12.2 Å². The highest BCUT2D eigenvalue weighted by Gasteiger charge is 2.45. The fourth-order valence-corrected chi connectivity index (χ4v) is 1.65. The number of esters is 3. The van der Waals surface area contributed by atoms with Gasteiger partial charge in [-0.25, -0.2) is 0 Å². The normalized spacial score (nSPS) is 30.3. The minimum absolute atomic E-state index is 0.170. The van der Waals surface area contributed by atoms with Crippen molar-refractivity contribution in [1.82, 2.24) is 0 Å². The summed E-state index contributed by atoms with van der Waals surface area (Å²) in [6.45, 7) is 3.29. The highest BCUT2D eigenvalue weighted by Crippen LogP contribution is 2.22. The number of carbonyl (C=O) groups is 3. The summed E-state index contributed by atoms with van der Waals surface area (Å²) in [7, 11) is 0. The van der Waals surface area contributed by atoms with Crippen molar-refractivity contribution in [1.29, 1.82) is 0 Å². The van der Waals surface area contributed by atoms with Gasteiger partial charge in [-0.2, -0.15) is 0 Å². The summed E-state index contributed by atoms with van der Waals surface area (Å²) < 4.78 is 19.6.